The van der Waals surface area contributed by atoms with Crippen LogP contribution in [0.25, 0.3) is 0 Å². The summed E-state index contributed by atoms with van der Waals surface area (Å²) in [6, 6.07) is 7.68. The van der Waals surface area contributed by atoms with E-state index in [1.54, 1.807) is 0 Å². The van der Waals surface area contributed by atoms with Crippen LogP contribution in [-0.2, 0) is 23.1 Å². The molecule has 0 spiro atoms. The first-order valence-electron chi connectivity index (χ1n) is 10.9. The molecule has 0 radical (unpaired) electrons. The molecule has 0 aliphatic heterocycles. The number of nitrogens with zero attached hydrogens (tertiary/aromatic N) is 3. The summed E-state index contributed by atoms with van der Waals surface area (Å²) in [5.41, 5.74) is 1.12. The predicted octanol–water partition coefficient (Wildman–Crippen LogP) is 4.01. The molecule has 0 aliphatic rings. The molecule has 1 amide bonds. The van der Waals surface area contributed by atoms with E-state index in [0.29, 0.717) is 36.5 Å². The van der Waals surface area contributed by atoms with Crippen LogP contribution in [0, 0.1) is 0 Å². The second kappa shape index (κ2) is 11.0. The van der Waals surface area contributed by atoms with Crippen molar-refractivity contribution >= 4 is 17.7 Å². The fourth-order valence-electron chi connectivity index (χ4n) is 2.62. The largest absolute Gasteiger partial charge is 0.444 e. The van der Waals surface area contributed by atoms with Crippen molar-refractivity contribution in [3.63, 3.8) is 0 Å². The van der Waals surface area contributed by atoms with Gasteiger partial charge in [-0.1, -0.05) is 38.1 Å². The number of anilines is 1. The summed E-state index contributed by atoms with van der Waals surface area (Å²) in [5.74, 6) is 1.85. The van der Waals surface area contributed by atoms with Gasteiger partial charge in [-0.2, -0.15) is 4.98 Å². The number of aromatic nitrogens is 2. The molecule has 176 valence electrons. The number of rotatable bonds is 7. The Morgan fingerprint density at radius 3 is 2.34 bits per heavy atom. The van der Waals surface area contributed by atoms with Crippen molar-refractivity contribution in [2.75, 3.05) is 18.4 Å². The Labute approximate surface area is 190 Å². The van der Waals surface area contributed by atoms with Crippen LogP contribution in [0.5, 0.6) is 0 Å². The van der Waals surface area contributed by atoms with E-state index < -0.39 is 11.7 Å². The van der Waals surface area contributed by atoms with Gasteiger partial charge >= 0.3 is 6.09 Å². The fraction of sp³-hybridized carbons (Fsp3) is 0.565. The molecule has 0 saturated heterocycles. The predicted molar refractivity (Wildman–Crippen MR) is 126 cm³/mol. The van der Waals surface area contributed by atoms with E-state index in [1.165, 1.54) is 0 Å². The normalized spacial score (nSPS) is 12.4. The summed E-state index contributed by atoms with van der Waals surface area (Å²) >= 11 is 0. The number of guanidine groups is 1. The van der Waals surface area contributed by atoms with Crippen LogP contribution in [0.2, 0.25) is 0 Å². The highest BCUT2D eigenvalue weighted by molar-refractivity contribution is 5.84. The summed E-state index contributed by atoms with van der Waals surface area (Å²) in [7, 11) is 0. The number of nitrogens with one attached hydrogen (secondary N) is 3. The third kappa shape index (κ3) is 8.95. The lowest BCUT2D eigenvalue weighted by atomic mass is 9.97. The summed E-state index contributed by atoms with van der Waals surface area (Å²) in [4.78, 5) is 20.8. The van der Waals surface area contributed by atoms with Crippen molar-refractivity contribution < 1.29 is 14.1 Å². The standard InChI is InChI=1S/C23H36N6O3/c1-8-24-20(26-15-18-28-19(32-29-18)22(2,3)4)25-14-13-16-9-11-17(12-10-16)27-21(30)31-23(5,6)7/h9-12H,8,13-15H2,1-7H3,(H,27,30)(H2,24,25,26). The van der Waals surface area contributed by atoms with Gasteiger partial charge in [0.25, 0.3) is 0 Å². The Morgan fingerprint density at radius 1 is 1.09 bits per heavy atom. The van der Waals surface area contributed by atoms with Gasteiger partial charge in [-0.15, -0.1) is 0 Å². The average molecular weight is 445 g/mol. The van der Waals surface area contributed by atoms with E-state index in [9.17, 15) is 4.79 Å². The van der Waals surface area contributed by atoms with Gasteiger partial charge in [0.05, 0.1) is 0 Å². The monoisotopic (exact) mass is 444 g/mol. The third-order valence-electron chi connectivity index (χ3n) is 4.14. The first-order chi connectivity index (χ1) is 15.0. The Balaban J connectivity index is 1.84. The maximum absolute atomic E-state index is 11.9. The molecular formula is C23H36N6O3. The molecule has 0 aliphatic carbocycles. The minimum Gasteiger partial charge on any atom is -0.444 e. The summed E-state index contributed by atoms with van der Waals surface area (Å²) in [6.07, 6.45) is 0.336. The fourth-order valence-corrected chi connectivity index (χ4v) is 2.62. The van der Waals surface area contributed by atoms with Crippen LogP contribution in [0.1, 0.15) is 65.7 Å². The molecule has 1 aromatic carbocycles. The molecule has 2 rings (SSSR count). The van der Waals surface area contributed by atoms with Gasteiger partial charge in [-0.05, 0) is 51.8 Å². The van der Waals surface area contributed by atoms with Crippen molar-refractivity contribution in [1.82, 2.24) is 20.8 Å². The Morgan fingerprint density at radius 2 is 1.78 bits per heavy atom. The van der Waals surface area contributed by atoms with Crippen LogP contribution < -0.4 is 16.0 Å². The molecule has 0 fully saturated rings. The Kier molecular flexibility index (Phi) is 8.63. The number of hydrogen-bond acceptors (Lipinski definition) is 6. The van der Waals surface area contributed by atoms with Gasteiger partial charge in [0, 0.05) is 24.2 Å². The van der Waals surface area contributed by atoms with Crippen molar-refractivity contribution in [3.05, 3.63) is 41.5 Å². The third-order valence-corrected chi connectivity index (χ3v) is 4.14. The molecule has 0 atom stereocenters. The van der Waals surface area contributed by atoms with Crippen LogP contribution in [0.4, 0.5) is 10.5 Å². The van der Waals surface area contributed by atoms with Crippen LogP contribution >= 0.6 is 0 Å². The molecule has 0 saturated carbocycles. The molecule has 1 heterocycles. The smallest absolute Gasteiger partial charge is 0.412 e. The molecule has 3 N–H and O–H groups in total. The summed E-state index contributed by atoms with van der Waals surface area (Å²) in [5, 5.41) is 13.3. The zero-order valence-electron chi connectivity index (χ0n) is 20.2. The highest BCUT2D eigenvalue weighted by Gasteiger charge is 2.21. The molecule has 1 aromatic heterocycles. The van der Waals surface area contributed by atoms with Gasteiger partial charge in [0.15, 0.2) is 11.8 Å². The van der Waals surface area contributed by atoms with Gasteiger partial charge in [-0.25, -0.2) is 9.79 Å². The van der Waals surface area contributed by atoms with E-state index in [2.05, 4.69) is 31.1 Å². The average Bonchev–Trinajstić information content (AvgIpc) is 3.15. The quantitative estimate of drug-likeness (QED) is 0.437. The maximum Gasteiger partial charge on any atom is 0.412 e. The Hall–Kier alpha value is -3.10. The number of benzene rings is 1. The van der Waals surface area contributed by atoms with Crippen LogP contribution in [0.15, 0.2) is 33.8 Å². The molecular weight excluding hydrogens is 408 g/mol. The second-order valence-corrected chi connectivity index (χ2v) is 9.46. The number of hydrogen-bond donors (Lipinski definition) is 3. The molecule has 9 heteroatoms. The highest BCUT2D eigenvalue weighted by atomic mass is 16.6. The van der Waals surface area contributed by atoms with Crippen molar-refractivity contribution in [2.45, 2.75) is 72.4 Å². The first-order valence-corrected chi connectivity index (χ1v) is 10.9. The highest BCUT2D eigenvalue weighted by Crippen LogP contribution is 2.19. The SMILES string of the molecule is CCNC(=NCc1noc(C(C)(C)C)n1)NCCc1ccc(NC(=O)OC(C)(C)C)cc1. The number of amides is 1. The van der Waals surface area contributed by atoms with Crippen molar-refractivity contribution in [1.29, 1.82) is 0 Å². The van der Waals surface area contributed by atoms with E-state index in [4.69, 9.17) is 9.26 Å². The second-order valence-electron chi connectivity index (χ2n) is 9.46. The molecule has 2 aromatic rings. The van der Waals surface area contributed by atoms with E-state index in [-0.39, 0.29) is 5.41 Å². The zero-order chi connectivity index (χ0) is 23.8. The summed E-state index contributed by atoms with van der Waals surface area (Å²) < 4.78 is 10.6. The number of ether oxygens (including phenoxy) is 1. The molecule has 0 bridgehead atoms. The topological polar surface area (TPSA) is 114 Å². The van der Waals surface area contributed by atoms with Gasteiger partial charge in [-0.3, -0.25) is 5.32 Å². The summed E-state index contributed by atoms with van der Waals surface area (Å²) in [6.45, 7) is 15.4. The molecule has 0 unspecified atom stereocenters. The number of aliphatic imine (C=N–C) groups is 1. The molecule has 32 heavy (non-hydrogen) atoms. The van der Waals surface area contributed by atoms with E-state index in [0.717, 1.165) is 18.5 Å². The first kappa shape index (κ1) is 25.2. The maximum atomic E-state index is 11.9. The Bertz CT molecular complexity index is 892. The number of carbonyl (C=O) groups excluding carboxylic acids is 1. The van der Waals surface area contributed by atoms with Gasteiger partial charge < -0.3 is 19.9 Å². The minimum atomic E-state index is -0.528. The minimum absolute atomic E-state index is 0.185. The molecule has 9 nitrogen and oxygen atoms in total. The van der Waals surface area contributed by atoms with Gasteiger partial charge in [0.2, 0.25) is 5.89 Å². The van der Waals surface area contributed by atoms with Crippen molar-refractivity contribution in [2.24, 2.45) is 4.99 Å². The lowest BCUT2D eigenvalue weighted by molar-refractivity contribution is 0.0636. The van der Waals surface area contributed by atoms with Crippen LogP contribution in [0.3, 0.4) is 0 Å². The van der Waals surface area contributed by atoms with Crippen molar-refractivity contribution in [3.8, 4) is 0 Å². The lowest BCUT2D eigenvalue weighted by Gasteiger charge is -2.19. The van der Waals surface area contributed by atoms with E-state index in [1.807, 2.05) is 72.7 Å². The lowest BCUT2D eigenvalue weighted by Crippen LogP contribution is -2.38. The number of carbonyl (C=O) groups is 1. The van der Waals surface area contributed by atoms with Crippen LogP contribution in [-0.4, -0.2) is 40.9 Å². The van der Waals surface area contributed by atoms with Gasteiger partial charge in [0.1, 0.15) is 12.1 Å². The van der Waals surface area contributed by atoms with E-state index >= 15 is 0 Å². The zero-order valence-corrected chi connectivity index (χ0v) is 20.2.